The Morgan fingerprint density at radius 2 is 1.88 bits per heavy atom. The van der Waals surface area contributed by atoms with Gasteiger partial charge in [0.1, 0.15) is 18.0 Å². The minimum absolute atomic E-state index is 0.0384. The number of thiocarbonyl (C=S) groups is 1. The zero-order chi connectivity index (χ0) is 24.0. The first-order chi connectivity index (χ1) is 15.9. The van der Waals surface area contributed by atoms with Crippen molar-refractivity contribution in [3.63, 3.8) is 0 Å². The highest BCUT2D eigenvalue weighted by molar-refractivity contribution is 7.80. The van der Waals surface area contributed by atoms with Gasteiger partial charge in [-0.15, -0.1) is 13.2 Å². The Labute approximate surface area is 197 Å². The molecule has 0 bridgehead atoms. The van der Waals surface area contributed by atoms with Gasteiger partial charge >= 0.3 is 0 Å². The molecule has 170 valence electrons. The lowest BCUT2D eigenvalue weighted by Crippen LogP contribution is -2.53. The number of rotatable bonds is 9. The first-order valence-corrected chi connectivity index (χ1v) is 10.5. The van der Waals surface area contributed by atoms with Crippen molar-refractivity contribution in [2.24, 2.45) is 0 Å². The molecule has 2 aromatic carbocycles. The van der Waals surface area contributed by atoms with E-state index in [1.165, 1.54) is 36.3 Å². The van der Waals surface area contributed by atoms with Crippen molar-refractivity contribution < 1.29 is 23.5 Å². The van der Waals surface area contributed by atoms with Crippen LogP contribution < -0.4 is 14.8 Å². The molecular weight excluding hydrogens is 443 g/mol. The molecule has 0 aromatic heterocycles. The molecule has 1 aliphatic heterocycles. The quantitative estimate of drug-likeness (QED) is 0.262. The van der Waals surface area contributed by atoms with Crippen molar-refractivity contribution in [2.45, 2.75) is 13.0 Å². The first-order valence-electron chi connectivity index (χ1n) is 10.1. The number of halogens is 1. The summed E-state index contributed by atoms with van der Waals surface area (Å²) in [6.45, 7) is 7.78. The molecule has 1 fully saturated rings. The van der Waals surface area contributed by atoms with Crippen LogP contribution in [0.4, 0.5) is 4.39 Å². The molecular formula is C25H23FN2O4S. The Morgan fingerprint density at radius 3 is 2.52 bits per heavy atom. The Kier molecular flexibility index (Phi) is 7.74. The third kappa shape index (κ3) is 5.53. The second kappa shape index (κ2) is 10.7. The molecule has 0 unspecified atom stereocenters. The van der Waals surface area contributed by atoms with Gasteiger partial charge in [0.15, 0.2) is 16.6 Å². The van der Waals surface area contributed by atoms with Crippen molar-refractivity contribution in [2.75, 3.05) is 13.7 Å². The summed E-state index contributed by atoms with van der Waals surface area (Å²) in [4.78, 5) is 26.5. The van der Waals surface area contributed by atoms with Crippen LogP contribution in [-0.2, 0) is 22.6 Å². The predicted molar refractivity (Wildman–Crippen MR) is 128 cm³/mol. The molecule has 0 spiro atoms. The van der Waals surface area contributed by atoms with Gasteiger partial charge in [-0.1, -0.05) is 24.3 Å². The number of methoxy groups -OCH3 is 1. The molecule has 2 aromatic rings. The number of hydrogen-bond acceptors (Lipinski definition) is 5. The average molecular weight is 467 g/mol. The standard InChI is InChI=1S/C25H23FN2O4S/c1-4-6-18-12-17(13-20-23(29)27-25(33)28(11-5-2)24(20)30)14-21(31-3)22(18)32-15-16-7-9-19(26)10-8-16/h4-5,7-10,12-14H,1-2,6,11,15H2,3H3,(H,27,29,33)/b20-13+. The highest BCUT2D eigenvalue weighted by atomic mass is 32.1. The van der Waals surface area contributed by atoms with E-state index in [1.807, 2.05) is 0 Å². The van der Waals surface area contributed by atoms with E-state index in [9.17, 15) is 14.0 Å². The average Bonchev–Trinajstić information content (AvgIpc) is 2.79. The van der Waals surface area contributed by atoms with Gasteiger partial charge in [0.05, 0.1) is 7.11 Å². The number of nitrogens with zero attached hydrogens (tertiary/aromatic N) is 1. The zero-order valence-corrected chi connectivity index (χ0v) is 18.9. The summed E-state index contributed by atoms with van der Waals surface area (Å²) < 4.78 is 24.7. The summed E-state index contributed by atoms with van der Waals surface area (Å²) in [6.07, 6.45) is 5.17. The van der Waals surface area contributed by atoms with E-state index in [0.29, 0.717) is 23.5 Å². The summed E-state index contributed by atoms with van der Waals surface area (Å²) in [7, 11) is 1.50. The summed E-state index contributed by atoms with van der Waals surface area (Å²) >= 11 is 5.08. The molecule has 8 heteroatoms. The Hall–Kier alpha value is -3.78. The minimum Gasteiger partial charge on any atom is -0.493 e. The highest BCUT2D eigenvalue weighted by Gasteiger charge is 2.32. The van der Waals surface area contributed by atoms with Crippen LogP contribution in [0.3, 0.4) is 0 Å². The van der Waals surface area contributed by atoms with Crippen LogP contribution >= 0.6 is 12.2 Å². The van der Waals surface area contributed by atoms with E-state index >= 15 is 0 Å². The molecule has 0 radical (unpaired) electrons. The molecule has 0 atom stereocenters. The van der Waals surface area contributed by atoms with Gasteiger partial charge in [0, 0.05) is 12.1 Å². The Balaban J connectivity index is 1.97. The van der Waals surface area contributed by atoms with E-state index in [0.717, 1.165) is 11.1 Å². The Morgan fingerprint density at radius 1 is 1.15 bits per heavy atom. The van der Waals surface area contributed by atoms with E-state index in [1.54, 1.807) is 30.3 Å². The fraction of sp³-hybridized carbons (Fsp3) is 0.160. The molecule has 3 rings (SSSR count). The molecule has 0 aliphatic carbocycles. The molecule has 1 heterocycles. The van der Waals surface area contributed by atoms with Crippen LogP contribution in [0.5, 0.6) is 11.5 Å². The van der Waals surface area contributed by atoms with Crippen LogP contribution in [0.1, 0.15) is 16.7 Å². The number of benzene rings is 2. The van der Waals surface area contributed by atoms with Gasteiger partial charge in [0.2, 0.25) is 0 Å². The lowest BCUT2D eigenvalue weighted by molar-refractivity contribution is -0.128. The fourth-order valence-electron chi connectivity index (χ4n) is 3.28. The van der Waals surface area contributed by atoms with Crippen molar-refractivity contribution in [3.8, 4) is 11.5 Å². The fourth-order valence-corrected chi connectivity index (χ4v) is 3.53. The maximum absolute atomic E-state index is 13.2. The molecule has 1 aliphatic rings. The normalized spacial score (nSPS) is 14.8. The van der Waals surface area contributed by atoms with Crippen molar-refractivity contribution in [1.29, 1.82) is 0 Å². The maximum Gasteiger partial charge on any atom is 0.265 e. The summed E-state index contributed by atoms with van der Waals surface area (Å²) in [5.41, 5.74) is 2.05. The zero-order valence-electron chi connectivity index (χ0n) is 18.1. The van der Waals surface area contributed by atoms with E-state index in [-0.39, 0.29) is 29.7 Å². The second-order valence-corrected chi connectivity index (χ2v) is 7.53. The van der Waals surface area contributed by atoms with Gasteiger partial charge in [-0.25, -0.2) is 4.39 Å². The van der Waals surface area contributed by atoms with Crippen LogP contribution in [0.2, 0.25) is 0 Å². The van der Waals surface area contributed by atoms with Crippen molar-refractivity contribution in [3.05, 3.63) is 89.8 Å². The lowest BCUT2D eigenvalue weighted by atomic mass is 10.0. The molecule has 1 saturated heterocycles. The molecule has 0 saturated carbocycles. The summed E-state index contributed by atoms with van der Waals surface area (Å²) in [5, 5.41) is 2.56. The number of carbonyl (C=O) groups is 2. The number of amides is 2. The van der Waals surface area contributed by atoms with Crippen LogP contribution in [0.15, 0.2) is 67.3 Å². The number of ether oxygens (including phenoxy) is 2. The lowest BCUT2D eigenvalue weighted by Gasteiger charge is -2.27. The maximum atomic E-state index is 13.2. The largest absolute Gasteiger partial charge is 0.493 e. The third-order valence-corrected chi connectivity index (χ3v) is 5.17. The van der Waals surface area contributed by atoms with Gasteiger partial charge in [-0.2, -0.15) is 0 Å². The monoisotopic (exact) mass is 466 g/mol. The number of hydrogen-bond donors (Lipinski definition) is 1. The van der Waals surface area contributed by atoms with Crippen molar-refractivity contribution >= 4 is 35.2 Å². The van der Waals surface area contributed by atoms with Crippen LogP contribution in [0.25, 0.3) is 6.08 Å². The smallest absolute Gasteiger partial charge is 0.265 e. The van der Waals surface area contributed by atoms with E-state index in [4.69, 9.17) is 21.7 Å². The summed E-state index contributed by atoms with van der Waals surface area (Å²) in [6, 6.07) is 9.47. The first kappa shape index (κ1) is 23.9. The topological polar surface area (TPSA) is 67.9 Å². The van der Waals surface area contributed by atoms with Gasteiger partial charge in [0.25, 0.3) is 11.8 Å². The van der Waals surface area contributed by atoms with E-state index < -0.39 is 11.8 Å². The third-order valence-electron chi connectivity index (χ3n) is 4.84. The predicted octanol–water partition coefficient (Wildman–Crippen LogP) is 3.95. The number of carbonyl (C=O) groups excluding carboxylic acids is 2. The second-order valence-electron chi connectivity index (χ2n) is 7.14. The summed E-state index contributed by atoms with van der Waals surface area (Å²) in [5.74, 6) is -0.492. The van der Waals surface area contributed by atoms with Crippen LogP contribution in [0, 0.1) is 5.82 Å². The molecule has 1 N–H and O–H groups in total. The minimum atomic E-state index is -0.578. The number of allylic oxidation sites excluding steroid dienone is 1. The van der Waals surface area contributed by atoms with Gasteiger partial charge in [-0.3, -0.25) is 19.8 Å². The highest BCUT2D eigenvalue weighted by Crippen LogP contribution is 2.35. The van der Waals surface area contributed by atoms with Gasteiger partial charge < -0.3 is 9.47 Å². The molecule has 2 amide bonds. The number of nitrogens with one attached hydrogen (secondary N) is 1. The SMILES string of the molecule is C=CCc1cc(/C=C2\C(=O)NC(=S)N(CC=C)C2=O)cc(OC)c1OCc1ccc(F)cc1. The molecule has 33 heavy (non-hydrogen) atoms. The van der Waals surface area contributed by atoms with Crippen molar-refractivity contribution in [1.82, 2.24) is 10.2 Å². The van der Waals surface area contributed by atoms with E-state index in [2.05, 4.69) is 18.5 Å². The van der Waals surface area contributed by atoms with Crippen LogP contribution in [-0.4, -0.2) is 35.5 Å². The van der Waals surface area contributed by atoms with Gasteiger partial charge in [-0.05, 0) is 60.1 Å². The molecule has 6 nitrogen and oxygen atoms in total. The Bertz CT molecular complexity index is 1140.